The summed E-state index contributed by atoms with van der Waals surface area (Å²) in [5, 5.41) is 13.6. The third kappa shape index (κ3) is 5.43. The van der Waals surface area contributed by atoms with E-state index in [0.29, 0.717) is 11.2 Å². The first-order valence-corrected chi connectivity index (χ1v) is 9.13. The van der Waals surface area contributed by atoms with E-state index < -0.39 is 23.3 Å². The molecule has 2 aromatic rings. The van der Waals surface area contributed by atoms with Crippen LogP contribution in [0.1, 0.15) is 43.7 Å². The monoisotopic (exact) mass is 414 g/mol. The summed E-state index contributed by atoms with van der Waals surface area (Å²) in [5.74, 6) is -0.882. The van der Waals surface area contributed by atoms with E-state index in [1.54, 1.807) is 0 Å². The number of ether oxygens (including phenoxy) is 1. The van der Waals surface area contributed by atoms with E-state index in [9.17, 15) is 18.0 Å². The van der Waals surface area contributed by atoms with E-state index in [2.05, 4.69) is 25.5 Å². The summed E-state index contributed by atoms with van der Waals surface area (Å²) in [5.41, 5.74) is -1.78. The van der Waals surface area contributed by atoms with Gasteiger partial charge in [-0.05, 0) is 33.8 Å². The highest BCUT2D eigenvalue weighted by Gasteiger charge is 2.41. The van der Waals surface area contributed by atoms with E-state index in [1.165, 1.54) is 19.2 Å². The molecule has 0 spiro atoms. The largest absolute Gasteiger partial charge is 0.480 e. The zero-order valence-corrected chi connectivity index (χ0v) is 17.0. The van der Waals surface area contributed by atoms with Crippen LogP contribution in [0.25, 0.3) is 5.82 Å². The molecule has 2 rings (SSSR count). The van der Waals surface area contributed by atoms with E-state index in [4.69, 9.17) is 4.74 Å². The van der Waals surface area contributed by atoms with Gasteiger partial charge in [0.15, 0.2) is 11.5 Å². The van der Waals surface area contributed by atoms with Crippen molar-refractivity contribution in [2.45, 2.75) is 46.0 Å². The van der Waals surface area contributed by atoms with Crippen molar-refractivity contribution in [3.63, 3.8) is 0 Å². The van der Waals surface area contributed by atoms with Gasteiger partial charge in [0.2, 0.25) is 5.88 Å². The first kappa shape index (κ1) is 22.6. The van der Waals surface area contributed by atoms with Crippen LogP contribution < -0.4 is 10.1 Å². The van der Waals surface area contributed by atoms with Crippen LogP contribution in [0.5, 0.6) is 5.88 Å². The molecule has 11 heteroatoms. The molecule has 160 valence electrons. The van der Waals surface area contributed by atoms with Crippen molar-refractivity contribution in [1.29, 1.82) is 0 Å². The van der Waals surface area contributed by atoms with Gasteiger partial charge in [-0.1, -0.05) is 0 Å². The predicted octanol–water partition coefficient (Wildman–Crippen LogP) is 2.54. The lowest BCUT2D eigenvalue weighted by molar-refractivity contribution is -0.143. The molecule has 0 aliphatic rings. The maximum Gasteiger partial charge on any atom is 0.434 e. The van der Waals surface area contributed by atoms with Gasteiger partial charge >= 0.3 is 6.18 Å². The van der Waals surface area contributed by atoms with Gasteiger partial charge in [0, 0.05) is 31.2 Å². The van der Waals surface area contributed by atoms with Crippen LogP contribution in [0.2, 0.25) is 0 Å². The van der Waals surface area contributed by atoms with Gasteiger partial charge in [0.1, 0.15) is 0 Å². The number of carbonyl (C=O) groups excluding carboxylic acids is 1. The first-order valence-electron chi connectivity index (χ1n) is 9.13. The van der Waals surface area contributed by atoms with Crippen molar-refractivity contribution in [1.82, 2.24) is 30.2 Å². The van der Waals surface area contributed by atoms with Crippen molar-refractivity contribution in [3.05, 3.63) is 29.6 Å². The minimum atomic E-state index is -4.81. The summed E-state index contributed by atoms with van der Waals surface area (Å²) in [6, 6.07) is 3.12. The maximum absolute atomic E-state index is 13.7. The van der Waals surface area contributed by atoms with Crippen LogP contribution in [0, 0.1) is 0 Å². The lowest BCUT2D eigenvalue weighted by atomic mass is 10.2. The number of methoxy groups -OCH3 is 1. The van der Waals surface area contributed by atoms with Crippen LogP contribution in [-0.4, -0.2) is 63.1 Å². The Balaban J connectivity index is 2.24. The van der Waals surface area contributed by atoms with E-state index >= 15 is 0 Å². The average Bonchev–Trinajstić information content (AvgIpc) is 3.10. The van der Waals surface area contributed by atoms with Gasteiger partial charge < -0.3 is 10.1 Å². The third-order valence-corrected chi connectivity index (χ3v) is 4.32. The molecule has 0 atom stereocenters. The lowest BCUT2D eigenvalue weighted by Gasteiger charge is -2.30. The number of amides is 1. The second-order valence-corrected chi connectivity index (χ2v) is 6.93. The molecule has 0 aliphatic carbocycles. The number of aromatic nitrogens is 4. The number of hydrogen-bond acceptors (Lipinski definition) is 6. The summed E-state index contributed by atoms with van der Waals surface area (Å²) in [6.45, 7) is 8.79. The standard InChI is InChI=1S/C18H25F3N6O2/c1-11(2)26(12(3)4)9-8-22-17(28)13-10-23-27(16(13)18(19,20)21)14-6-7-15(29-5)25-24-14/h6-7,10-12H,8-9H2,1-5H3,(H,22,28). The fourth-order valence-electron chi connectivity index (χ4n) is 3.00. The predicted molar refractivity (Wildman–Crippen MR) is 100 cm³/mol. The molecule has 0 unspecified atom stereocenters. The second-order valence-electron chi connectivity index (χ2n) is 6.93. The molecule has 1 amide bonds. The molecule has 0 bridgehead atoms. The van der Waals surface area contributed by atoms with E-state index in [0.717, 1.165) is 6.20 Å². The van der Waals surface area contributed by atoms with Gasteiger partial charge in [-0.3, -0.25) is 9.69 Å². The highest BCUT2D eigenvalue weighted by atomic mass is 19.4. The Hall–Kier alpha value is -2.69. The lowest BCUT2D eigenvalue weighted by Crippen LogP contribution is -2.42. The van der Waals surface area contributed by atoms with Gasteiger partial charge in [-0.25, -0.2) is 4.68 Å². The highest BCUT2D eigenvalue weighted by Crippen LogP contribution is 2.33. The normalized spacial score (nSPS) is 12.1. The number of hydrogen-bond donors (Lipinski definition) is 1. The van der Waals surface area contributed by atoms with Crippen molar-refractivity contribution >= 4 is 5.91 Å². The number of nitrogens with one attached hydrogen (secondary N) is 1. The smallest absolute Gasteiger partial charge is 0.434 e. The van der Waals surface area contributed by atoms with Gasteiger partial charge in [0.05, 0.1) is 18.9 Å². The molecule has 2 heterocycles. The van der Waals surface area contributed by atoms with Crippen LogP contribution in [0.15, 0.2) is 18.3 Å². The molecule has 0 saturated heterocycles. The topological polar surface area (TPSA) is 85.2 Å². The first-order chi connectivity index (χ1) is 13.6. The molecular weight excluding hydrogens is 389 g/mol. The minimum absolute atomic E-state index is 0.146. The van der Waals surface area contributed by atoms with Crippen LogP contribution >= 0.6 is 0 Å². The summed E-state index contributed by atoms with van der Waals surface area (Å²) in [6.07, 6.45) is -3.93. The highest BCUT2D eigenvalue weighted by molar-refractivity contribution is 5.95. The molecule has 1 N–H and O–H groups in total. The average molecular weight is 414 g/mol. The van der Waals surface area contributed by atoms with Gasteiger partial charge in [-0.15, -0.1) is 10.2 Å². The van der Waals surface area contributed by atoms with Crippen LogP contribution in [0.4, 0.5) is 13.2 Å². The number of alkyl halides is 3. The molecule has 0 saturated carbocycles. The zero-order chi connectivity index (χ0) is 21.8. The van der Waals surface area contributed by atoms with E-state index in [1.807, 2.05) is 27.7 Å². The second kappa shape index (κ2) is 9.21. The van der Waals surface area contributed by atoms with Crippen LogP contribution in [0.3, 0.4) is 0 Å². The quantitative estimate of drug-likeness (QED) is 0.715. The molecule has 0 aliphatic heterocycles. The van der Waals surface area contributed by atoms with Gasteiger partial charge in [0.25, 0.3) is 5.91 Å². The number of carbonyl (C=O) groups is 1. The molecule has 0 aromatic carbocycles. The molecule has 0 radical (unpaired) electrons. The summed E-state index contributed by atoms with van der Waals surface area (Å²) < 4.78 is 46.4. The summed E-state index contributed by atoms with van der Waals surface area (Å²) in [4.78, 5) is 14.6. The summed E-state index contributed by atoms with van der Waals surface area (Å²) >= 11 is 0. The molecule has 8 nitrogen and oxygen atoms in total. The zero-order valence-electron chi connectivity index (χ0n) is 17.0. The van der Waals surface area contributed by atoms with Crippen molar-refractivity contribution in [2.24, 2.45) is 0 Å². The van der Waals surface area contributed by atoms with Crippen molar-refractivity contribution in [2.75, 3.05) is 20.2 Å². The van der Waals surface area contributed by atoms with Gasteiger partial charge in [-0.2, -0.15) is 18.3 Å². The number of nitrogens with zero attached hydrogens (tertiary/aromatic N) is 5. The molecule has 2 aromatic heterocycles. The van der Waals surface area contributed by atoms with Crippen LogP contribution in [-0.2, 0) is 6.18 Å². The molecular formula is C18H25F3N6O2. The third-order valence-electron chi connectivity index (χ3n) is 4.32. The maximum atomic E-state index is 13.7. The van der Waals surface area contributed by atoms with E-state index in [-0.39, 0.29) is 30.3 Å². The fourth-order valence-corrected chi connectivity index (χ4v) is 3.00. The Morgan fingerprint density at radius 1 is 1.21 bits per heavy atom. The Morgan fingerprint density at radius 3 is 2.34 bits per heavy atom. The Kier molecular flexibility index (Phi) is 7.17. The number of halogens is 3. The van der Waals surface area contributed by atoms with Crippen molar-refractivity contribution < 1.29 is 22.7 Å². The molecule has 0 fully saturated rings. The Morgan fingerprint density at radius 2 is 1.86 bits per heavy atom. The number of rotatable bonds is 8. The minimum Gasteiger partial charge on any atom is -0.480 e. The summed E-state index contributed by atoms with van der Waals surface area (Å²) in [7, 11) is 1.36. The fraction of sp³-hybridized carbons (Fsp3) is 0.556. The molecule has 29 heavy (non-hydrogen) atoms. The Bertz CT molecular complexity index is 810. The van der Waals surface area contributed by atoms with Crippen molar-refractivity contribution in [3.8, 4) is 11.7 Å². The SMILES string of the molecule is COc1ccc(-n2ncc(C(=O)NCCN(C(C)C)C(C)C)c2C(F)(F)F)nn1. The Labute approximate surface area is 167 Å².